The first-order valence-electron chi connectivity index (χ1n) is 6.52. The normalized spacial score (nSPS) is 12.7. The Labute approximate surface area is 121 Å². The molecule has 0 bridgehead atoms. The Hall–Kier alpha value is -2.78. The fourth-order valence-electron chi connectivity index (χ4n) is 2.37. The number of nitrogens with zero attached hydrogens (tertiary/aromatic N) is 2. The third-order valence-corrected chi connectivity index (χ3v) is 3.36. The Morgan fingerprint density at radius 2 is 2.14 bits per heavy atom. The van der Waals surface area contributed by atoms with Gasteiger partial charge in [0.1, 0.15) is 11.5 Å². The molecule has 0 saturated carbocycles. The molecule has 4 nitrogen and oxygen atoms in total. The fraction of sp³-hybridized carbons (Fsp3) is 0.125. The van der Waals surface area contributed by atoms with Gasteiger partial charge < -0.3 is 5.43 Å². The number of nitrogens with one attached hydrogen (secondary N) is 1. The maximum Gasteiger partial charge on any atom is 0.240 e. The molecule has 0 aromatic heterocycles. The zero-order valence-electron chi connectivity index (χ0n) is 11.1. The van der Waals surface area contributed by atoms with Crippen LogP contribution in [0.2, 0.25) is 0 Å². The molecule has 0 saturated heterocycles. The predicted molar refractivity (Wildman–Crippen MR) is 77.7 cm³/mol. The van der Waals surface area contributed by atoms with Crippen LogP contribution in [0.5, 0.6) is 0 Å². The minimum atomic E-state index is -0.536. The van der Waals surface area contributed by atoms with E-state index >= 15 is 0 Å². The van der Waals surface area contributed by atoms with Crippen LogP contribution in [-0.2, 0) is 17.8 Å². The monoisotopic (exact) mass is 281 g/mol. The molecule has 1 heterocycles. The Kier molecular flexibility index (Phi) is 3.58. The highest BCUT2D eigenvalue weighted by Gasteiger charge is 2.14. The van der Waals surface area contributed by atoms with Crippen molar-refractivity contribution in [1.82, 2.24) is 5.43 Å². The zero-order valence-corrected chi connectivity index (χ0v) is 11.1. The lowest BCUT2D eigenvalue weighted by molar-refractivity contribution is 0.564. The van der Waals surface area contributed by atoms with Crippen LogP contribution in [-0.4, -0.2) is 11.8 Å². The van der Waals surface area contributed by atoms with Crippen LogP contribution >= 0.6 is 0 Å². The van der Waals surface area contributed by atoms with Gasteiger partial charge in [0, 0.05) is 12.0 Å². The number of fused-ring (bicyclic) bond motifs is 1. The van der Waals surface area contributed by atoms with E-state index in [0.717, 1.165) is 16.8 Å². The van der Waals surface area contributed by atoms with Crippen LogP contribution in [0.1, 0.15) is 16.7 Å². The minimum absolute atomic E-state index is 0.000142. The molecular formula is C16H12FN3O. The summed E-state index contributed by atoms with van der Waals surface area (Å²) in [6, 6.07) is 12.5. The molecule has 2 aromatic rings. The highest BCUT2D eigenvalue weighted by molar-refractivity contribution is 6.03. The Balaban J connectivity index is 1.92. The standard InChI is InChI=1S/C16H12FN3O/c17-14-6-5-11(8-16(14)18-10-21)7-15-13-4-2-1-3-12(13)9-19-20-15/h1-6,8,19H,7,9H2. The van der Waals surface area contributed by atoms with E-state index in [9.17, 15) is 9.18 Å². The van der Waals surface area contributed by atoms with Gasteiger partial charge in [0.05, 0.1) is 12.3 Å². The Morgan fingerprint density at radius 1 is 1.29 bits per heavy atom. The molecule has 0 amide bonds. The molecule has 0 spiro atoms. The molecule has 0 atom stereocenters. The Bertz CT molecular complexity index is 764. The number of hydrogen-bond acceptors (Lipinski definition) is 4. The van der Waals surface area contributed by atoms with Crippen molar-refractivity contribution in [2.24, 2.45) is 10.1 Å². The summed E-state index contributed by atoms with van der Waals surface area (Å²) in [5.41, 5.74) is 6.97. The molecule has 2 aromatic carbocycles. The van der Waals surface area contributed by atoms with Gasteiger partial charge in [-0.3, -0.25) is 0 Å². The van der Waals surface area contributed by atoms with Crippen molar-refractivity contribution in [3.05, 3.63) is 65.0 Å². The molecule has 5 heteroatoms. The molecule has 1 aliphatic rings. The molecule has 104 valence electrons. The van der Waals surface area contributed by atoms with Crippen molar-refractivity contribution >= 4 is 17.5 Å². The maximum atomic E-state index is 13.5. The van der Waals surface area contributed by atoms with Crippen LogP contribution in [0.25, 0.3) is 0 Å². The van der Waals surface area contributed by atoms with Crippen molar-refractivity contribution in [2.75, 3.05) is 0 Å². The number of halogens is 1. The SMILES string of the molecule is O=C=Nc1cc(CC2=NNCc3ccccc32)ccc1F. The van der Waals surface area contributed by atoms with Gasteiger partial charge in [0.2, 0.25) is 6.08 Å². The fourth-order valence-corrected chi connectivity index (χ4v) is 2.37. The van der Waals surface area contributed by atoms with Crippen LogP contribution < -0.4 is 5.43 Å². The molecule has 0 aliphatic carbocycles. The summed E-state index contributed by atoms with van der Waals surface area (Å²) in [6.45, 7) is 0.698. The van der Waals surface area contributed by atoms with Crippen molar-refractivity contribution < 1.29 is 9.18 Å². The molecule has 3 rings (SSSR count). The number of isocyanates is 1. The number of hydrazone groups is 1. The summed E-state index contributed by atoms with van der Waals surface area (Å²) in [7, 11) is 0. The minimum Gasteiger partial charge on any atom is -0.305 e. The maximum absolute atomic E-state index is 13.5. The third-order valence-electron chi connectivity index (χ3n) is 3.36. The van der Waals surface area contributed by atoms with E-state index in [1.165, 1.54) is 17.7 Å². The zero-order chi connectivity index (χ0) is 14.7. The number of rotatable bonds is 3. The average molecular weight is 281 g/mol. The van der Waals surface area contributed by atoms with E-state index in [-0.39, 0.29) is 5.69 Å². The Morgan fingerprint density at radius 3 is 3.00 bits per heavy atom. The smallest absolute Gasteiger partial charge is 0.240 e. The molecule has 1 aliphatic heterocycles. The lowest BCUT2D eigenvalue weighted by Gasteiger charge is -2.17. The first-order valence-corrected chi connectivity index (χ1v) is 6.52. The lowest BCUT2D eigenvalue weighted by Crippen LogP contribution is -2.21. The van der Waals surface area contributed by atoms with Gasteiger partial charge in [-0.05, 0) is 23.3 Å². The molecule has 0 unspecified atom stereocenters. The van der Waals surface area contributed by atoms with Crippen molar-refractivity contribution in [1.29, 1.82) is 0 Å². The van der Waals surface area contributed by atoms with E-state index in [2.05, 4.69) is 15.5 Å². The summed E-state index contributed by atoms with van der Waals surface area (Å²) < 4.78 is 13.5. The van der Waals surface area contributed by atoms with E-state index in [0.29, 0.717) is 13.0 Å². The number of carbonyl (C=O) groups excluding carboxylic acids is 1. The second-order valence-electron chi connectivity index (χ2n) is 4.72. The van der Waals surface area contributed by atoms with Crippen LogP contribution in [0.15, 0.2) is 52.6 Å². The predicted octanol–water partition coefficient (Wildman–Crippen LogP) is 2.84. The molecule has 1 N–H and O–H groups in total. The summed E-state index contributed by atoms with van der Waals surface area (Å²) >= 11 is 0. The van der Waals surface area contributed by atoms with Gasteiger partial charge >= 0.3 is 0 Å². The third kappa shape index (κ3) is 2.73. The lowest BCUT2D eigenvalue weighted by atomic mass is 9.96. The molecule has 21 heavy (non-hydrogen) atoms. The van der Waals surface area contributed by atoms with E-state index < -0.39 is 5.82 Å². The first kappa shape index (κ1) is 13.2. The number of aliphatic imine (C=N–C) groups is 1. The summed E-state index contributed by atoms with van der Waals surface area (Å²) in [4.78, 5) is 13.7. The van der Waals surface area contributed by atoms with Crippen LogP contribution in [0.4, 0.5) is 10.1 Å². The molecule has 0 radical (unpaired) electrons. The van der Waals surface area contributed by atoms with E-state index in [1.54, 1.807) is 12.1 Å². The summed E-state index contributed by atoms with van der Waals surface area (Å²) in [6.07, 6.45) is 1.90. The van der Waals surface area contributed by atoms with E-state index in [1.807, 2.05) is 24.3 Å². The number of benzene rings is 2. The second kappa shape index (κ2) is 5.69. The van der Waals surface area contributed by atoms with Gasteiger partial charge in [-0.1, -0.05) is 30.3 Å². The second-order valence-corrected chi connectivity index (χ2v) is 4.72. The van der Waals surface area contributed by atoms with Crippen molar-refractivity contribution in [2.45, 2.75) is 13.0 Å². The first-order chi connectivity index (χ1) is 10.3. The number of hydrogen-bond donors (Lipinski definition) is 1. The quantitative estimate of drug-likeness (QED) is 0.694. The van der Waals surface area contributed by atoms with Gasteiger partial charge in [0.15, 0.2) is 0 Å². The molecule has 0 fully saturated rings. The van der Waals surface area contributed by atoms with Crippen molar-refractivity contribution in [3.63, 3.8) is 0 Å². The summed E-state index contributed by atoms with van der Waals surface area (Å²) in [5.74, 6) is -0.536. The van der Waals surface area contributed by atoms with Crippen molar-refractivity contribution in [3.8, 4) is 0 Å². The van der Waals surface area contributed by atoms with Gasteiger partial charge in [-0.15, -0.1) is 0 Å². The van der Waals surface area contributed by atoms with Gasteiger partial charge in [-0.25, -0.2) is 9.18 Å². The topological polar surface area (TPSA) is 53.8 Å². The average Bonchev–Trinajstić information content (AvgIpc) is 2.51. The molecular weight excluding hydrogens is 269 g/mol. The summed E-state index contributed by atoms with van der Waals surface area (Å²) in [5, 5.41) is 4.33. The van der Waals surface area contributed by atoms with Gasteiger partial charge in [-0.2, -0.15) is 10.1 Å². The van der Waals surface area contributed by atoms with E-state index in [4.69, 9.17) is 0 Å². The highest BCUT2D eigenvalue weighted by atomic mass is 19.1. The highest BCUT2D eigenvalue weighted by Crippen LogP contribution is 2.22. The van der Waals surface area contributed by atoms with Gasteiger partial charge in [0.25, 0.3) is 0 Å². The van der Waals surface area contributed by atoms with Crippen LogP contribution in [0.3, 0.4) is 0 Å². The largest absolute Gasteiger partial charge is 0.305 e. The van der Waals surface area contributed by atoms with Crippen LogP contribution in [0, 0.1) is 5.82 Å².